The molecule has 0 bridgehead atoms. The fourth-order valence-corrected chi connectivity index (χ4v) is 1.93. The second-order valence-electron chi connectivity index (χ2n) is 3.65. The molecule has 3 nitrogen and oxygen atoms in total. The lowest BCUT2D eigenvalue weighted by molar-refractivity contribution is -0.123. The van der Waals surface area contributed by atoms with Crippen molar-refractivity contribution in [2.75, 3.05) is 0 Å². The summed E-state index contributed by atoms with van der Waals surface area (Å²) in [6.07, 6.45) is 8.15. The highest BCUT2D eigenvalue weighted by atomic mass is 16.1. The van der Waals surface area contributed by atoms with Crippen LogP contribution >= 0.6 is 0 Å². The quantitative estimate of drug-likeness (QED) is 0.705. The Hall–Kier alpha value is -1.12. The van der Waals surface area contributed by atoms with Gasteiger partial charge in [0.25, 0.3) is 0 Å². The summed E-state index contributed by atoms with van der Waals surface area (Å²) in [6, 6.07) is 1.85. The molecule has 1 fully saturated rings. The van der Waals surface area contributed by atoms with E-state index in [1.54, 1.807) is 10.9 Å². The van der Waals surface area contributed by atoms with Gasteiger partial charge in [0, 0.05) is 18.3 Å². The largest absolute Gasteiger partial charge is 0.297 e. The van der Waals surface area contributed by atoms with Crippen molar-refractivity contribution in [2.45, 2.75) is 32.2 Å². The van der Waals surface area contributed by atoms with Gasteiger partial charge in [-0.05, 0) is 18.9 Å². The molecule has 1 aromatic heterocycles. The summed E-state index contributed by atoms with van der Waals surface area (Å²) in [5.41, 5.74) is 0. The zero-order valence-corrected chi connectivity index (χ0v) is 7.65. The van der Waals surface area contributed by atoms with Gasteiger partial charge in [-0.15, -0.1) is 0 Å². The maximum atomic E-state index is 11.7. The summed E-state index contributed by atoms with van der Waals surface area (Å²) in [5.74, 6) is 0.658. The molecule has 0 radical (unpaired) electrons. The summed E-state index contributed by atoms with van der Waals surface area (Å²) >= 11 is 0. The number of Topliss-reactive ketones (excluding diaryl/α,β-unsaturated/α-hetero) is 1. The van der Waals surface area contributed by atoms with Gasteiger partial charge in [0.05, 0.1) is 6.54 Å². The van der Waals surface area contributed by atoms with Crippen LogP contribution < -0.4 is 0 Å². The molecule has 0 aromatic carbocycles. The van der Waals surface area contributed by atoms with Crippen LogP contribution in [-0.4, -0.2) is 15.6 Å². The second kappa shape index (κ2) is 3.73. The van der Waals surface area contributed by atoms with E-state index in [1.807, 2.05) is 12.3 Å². The number of nitrogens with zero attached hydrogens (tertiary/aromatic N) is 2. The van der Waals surface area contributed by atoms with Crippen LogP contribution in [-0.2, 0) is 11.3 Å². The van der Waals surface area contributed by atoms with E-state index in [4.69, 9.17) is 0 Å². The molecule has 70 valence electrons. The second-order valence-corrected chi connectivity index (χ2v) is 3.65. The Morgan fingerprint density at radius 3 is 2.85 bits per heavy atom. The predicted molar refractivity (Wildman–Crippen MR) is 49.2 cm³/mol. The molecule has 0 amide bonds. The molecular weight excluding hydrogens is 164 g/mol. The normalized spacial score (nSPS) is 17.8. The molecule has 3 heteroatoms. The maximum Gasteiger partial charge on any atom is 0.157 e. The van der Waals surface area contributed by atoms with E-state index >= 15 is 0 Å². The van der Waals surface area contributed by atoms with Crippen LogP contribution in [0.2, 0.25) is 0 Å². The molecule has 1 saturated carbocycles. The molecule has 0 aliphatic heterocycles. The number of carbonyl (C=O) groups excluding carboxylic acids is 1. The SMILES string of the molecule is O=C(Cn1cccn1)C1CCCC1. The Balaban J connectivity index is 1.91. The number of aromatic nitrogens is 2. The van der Waals surface area contributed by atoms with Crippen molar-refractivity contribution >= 4 is 5.78 Å². The van der Waals surface area contributed by atoms with Crippen LogP contribution in [0, 0.1) is 5.92 Å². The van der Waals surface area contributed by atoms with E-state index < -0.39 is 0 Å². The molecule has 1 aliphatic rings. The Labute approximate surface area is 77.7 Å². The van der Waals surface area contributed by atoms with Crippen LogP contribution in [0.15, 0.2) is 18.5 Å². The molecule has 1 aromatic rings. The highest BCUT2D eigenvalue weighted by Crippen LogP contribution is 2.25. The topological polar surface area (TPSA) is 34.9 Å². The van der Waals surface area contributed by atoms with Crippen molar-refractivity contribution < 1.29 is 4.79 Å². The fraction of sp³-hybridized carbons (Fsp3) is 0.600. The van der Waals surface area contributed by atoms with Crippen molar-refractivity contribution in [3.05, 3.63) is 18.5 Å². The minimum absolute atomic E-state index is 0.309. The molecule has 13 heavy (non-hydrogen) atoms. The van der Waals surface area contributed by atoms with Crippen LogP contribution in [0.25, 0.3) is 0 Å². The van der Waals surface area contributed by atoms with E-state index in [0.29, 0.717) is 18.2 Å². The Morgan fingerprint density at radius 1 is 1.46 bits per heavy atom. The number of ketones is 1. The van der Waals surface area contributed by atoms with Gasteiger partial charge in [0.1, 0.15) is 0 Å². The third-order valence-electron chi connectivity index (χ3n) is 2.69. The average molecular weight is 178 g/mol. The first-order valence-corrected chi connectivity index (χ1v) is 4.86. The number of hydrogen-bond acceptors (Lipinski definition) is 2. The van der Waals surface area contributed by atoms with Crippen molar-refractivity contribution in [1.82, 2.24) is 9.78 Å². The first kappa shape index (κ1) is 8.48. The fourth-order valence-electron chi connectivity index (χ4n) is 1.93. The van der Waals surface area contributed by atoms with Crippen LogP contribution in [0.5, 0.6) is 0 Å². The van der Waals surface area contributed by atoms with E-state index in [2.05, 4.69) is 5.10 Å². The van der Waals surface area contributed by atoms with Gasteiger partial charge in [-0.1, -0.05) is 12.8 Å². The van der Waals surface area contributed by atoms with Gasteiger partial charge in [-0.2, -0.15) is 5.10 Å². The summed E-state index contributed by atoms with van der Waals surface area (Å²) in [5, 5.41) is 4.02. The van der Waals surface area contributed by atoms with E-state index in [1.165, 1.54) is 12.8 Å². The van der Waals surface area contributed by atoms with Gasteiger partial charge in [-0.3, -0.25) is 9.48 Å². The third kappa shape index (κ3) is 1.97. The number of rotatable bonds is 3. The van der Waals surface area contributed by atoms with E-state index in [-0.39, 0.29) is 0 Å². The van der Waals surface area contributed by atoms with Crippen molar-refractivity contribution in [3.8, 4) is 0 Å². The number of carbonyl (C=O) groups is 1. The molecule has 2 rings (SSSR count). The molecule has 0 N–H and O–H groups in total. The standard InChI is InChI=1S/C10H14N2O/c13-10(9-4-1-2-5-9)8-12-7-3-6-11-12/h3,6-7,9H,1-2,4-5,8H2. The summed E-state index contributed by atoms with van der Waals surface area (Å²) in [7, 11) is 0. The first-order valence-electron chi connectivity index (χ1n) is 4.86. The molecule has 0 atom stereocenters. The summed E-state index contributed by atoms with van der Waals surface area (Å²) in [4.78, 5) is 11.7. The van der Waals surface area contributed by atoms with Gasteiger partial charge in [0.15, 0.2) is 5.78 Å². The van der Waals surface area contributed by atoms with E-state index in [0.717, 1.165) is 12.8 Å². The Bertz CT molecular complexity index is 273. The Morgan fingerprint density at radius 2 is 2.23 bits per heavy atom. The van der Waals surface area contributed by atoms with E-state index in [9.17, 15) is 4.79 Å². The molecular formula is C10H14N2O. The van der Waals surface area contributed by atoms with Gasteiger partial charge < -0.3 is 0 Å². The van der Waals surface area contributed by atoms with Crippen LogP contribution in [0.4, 0.5) is 0 Å². The van der Waals surface area contributed by atoms with Gasteiger partial charge >= 0.3 is 0 Å². The molecule has 0 unspecified atom stereocenters. The lowest BCUT2D eigenvalue weighted by Crippen LogP contribution is -2.17. The zero-order valence-electron chi connectivity index (χ0n) is 7.65. The monoisotopic (exact) mass is 178 g/mol. The molecule has 0 saturated heterocycles. The molecule has 0 spiro atoms. The smallest absolute Gasteiger partial charge is 0.157 e. The average Bonchev–Trinajstić information content (AvgIpc) is 2.74. The summed E-state index contributed by atoms with van der Waals surface area (Å²) in [6.45, 7) is 0.456. The summed E-state index contributed by atoms with van der Waals surface area (Å²) < 4.78 is 1.71. The Kier molecular flexibility index (Phi) is 2.43. The maximum absolute atomic E-state index is 11.7. The lowest BCUT2D eigenvalue weighted by atomic mass is 10.0. The minimum atomic E-state index is 0.309. The van der Waals surface area contributed by atoms with Crippen molar-refractivity contribution in [2.24, 2.45) is 5.92 Å². The number of hydrogen-bond donors (Lipinski definition) is 0. The van der Waals surface area contributed by atoms with Crippen molar-refractivity contribution in [3.63, 3.8) is 0 Å². The first-order chi connectivity index (χ1) is 6.36. The lowest BCUT2D eigenvalue weighted by Gasteiger charge is -2.06. The molecule has 1 heterocycles. The van der Waals surface area contributed by atoms with Crippen LogP contribution in [0.1, 0.15) is 25.7 Å². The third-order valence-corrected chi connectivity index (χ3v) is 2.69. The minimum Gasteiger partial charge on any atom is -0.297 e. The molecule has 1 aliphatic carbocycles. The van der Waals surface area contributed by atoms with Crippen molar-refractivity contribution in [1.29, 1.82) is 0 Å². The zero-order chi connectivity index (χ0) is 9.10. The van der Waals surface area contributed by atoms with Crippen LogP contribution in [0.3, 0.4) is 0 Å². The van der Waals surface area contributed by atoms with Gasteiger partial charge in [-0.25, -0.2) is 0 Å². The van der Waals surface area contributed by atoms with Gasteiger partial charge in [0.2, 0.25) is 0 Å². The highest BCUT2D eigenvalue weighted by molar-refractivity contribution is 5.80. The predicted octanol–water partition coefficient (Wildman–Crippen LogP) is 1.64. The highest BCUT2D eigenvalue weighted by Gasteiger charge is 2.22.